The van der Waals surface area contributed by atoms with Gasteiger partial charge in [0.15, 0.2) is 0 Å². The van der Waals surface area contributed by atoms with E-state index in [1.807, 2.05) is 35.0 Å². The van der Waals surface area contributed by atoms with Crippen molar-refractivity contribution in [2.75, 3.05) is 0 Å². The first-order valence-electron chi connectivity index (χ1n) is 6.99. The van der Waals surface area contributed by atoms with Gasteiger partial charge >= 0.3 is 6.61 Å². The van der Waals surface area contributed by atoms with Gasteiger partial charge in [0.05, 0.1) is 5.69 Å². The third-order valence-corrected chi connectivity index (χ3v) is 3.31. The second-order valence-corrected chi connectivity index (χ2v) is 4.90. The van der Waals surface area contributed by atoms with Crippen molar-refractivity contribution in [2.45, 2.75) is 19.7 Å². The van der Waals surface area contributed by atoms with Crippen molar-refractivity contribution < 1.29 is 17.9 Å². The van der Waals surface area contributed by atoms with Crippen molar-refractivity contribution in [3.05, 3.63) is 65.9 Å². The molecule has 1 N–H and O–H groups in total. The second kappa shape index (κ2) is 6.70. The van der Waals surface area contributed by atoms with Gasteiger partial charge in [-0.05, 0) is 24.3 Å². The van der Waals surface area contributed by atoms with Crippen LogP contribution in [0.25, 0.3) is 5.65 Å². The average molecular weight is 321 g/mol. The maximum atomic E-state index is 13.8. The maximum Gasteiger partial charge on any atom is 0.387 e. The Balaban J connectivity index is 1.68. The number of halogens is 3. The number of nitrogens with zero attached hydrogens (tertiary/aromatic N) is 2. The molecule has 0 saturated heterocycles. The number of fused-ring (bicyclic) bond motifs is 1. The number of pyridine rings is 1. The summed E-state index contributed by atoms with van der Waals surface area (Å²) in [6.45, 7) is -2.55. The van der Waals surface area contributed by atoms with Gasteiger partial charge in [-0.15, -0.1) is 0 Å². The molecule has 0 fully saturated rings. The number of nitrogens with one attached hydrogen (secondary N) is 1. The van der Waals surface area contributed by atoms with Gasteiger partial charge in [0.25, 0.3) is 0 Å². The third-order valence-electron chi connectivity index (χ3n) is 3.31. The van der Waals surface area contributed by atoms with Crippen LogP contribution in [0.1, 0.15) is 11.3 Å². The molecule has 0 aliphatic carbocycles. The van der Waals surface area contributed by atoms with Gasteiger partial charge in [-0.25, -0.2) is 9.37 Å². The standard InChI is InChI=1S/C16H14F3N3O/c17-13-4-3-5-14(23-16(18)19)12(13)9-20-8-11-10-22-7-2-1-6-15(22)21-11/h1-7,10,16,20H,8-9H2. The van der Waals surface area contributed by atoms with Crippen LogP contribution in [-0.2, 0) is 13.1 Å². The fourth-order valence-electron chi connectivity index (χ4n) is 2.30. The molecule has 0 unspecified atom stereocenters. The molecular weight excluding hydrogens is 307 g/mol. The summed E-state index contributed by atoms with van der Waals surface area (Å²) in [6, 6.07) is 9.50. The molecule has 2 heterocycles. The second-order valence-electron chi connectivity index (χ2n) is 4.90. The van der Waals surface area contributed by atoms with Crippen molar-refractivity contribution in [1.82, 2.24) is 14.7 Å². The van der Waals surface area contributed by atoms with Gasteiger partial charge < -0.3 is 14.5 Å². The Morgan fingerprint density at radius 3 is 2.78 bits per heavy atom. The Hall–Kier alpha value is -2.54. The largest absolute Gasteiger partial charge is 0.434 e. The summed E-state index contributed by atoms with van der Waals surface area (Å²) in [5.74, 6) is -0.756. The summed E-state index contributed by atoms with van der Waals surface area (Å²) in [5.41, 5.74) is 1.64. The van der Waals surface area contributed by atoms with E-state index in [1.165, 1.54) is 18.2 Å². The fraction of sp³-hybridized carbons (Fsp3) is 0.188. The van der Waals surface area contributed by atoms with Crippen LogP contribution in [0.5, 0.6) is 5.75 Å². The van der Waals surface area contributed by atoms with E-state index in [2.05, 4.69) is 15.0 Å². The van der Waals surface area contributed by atoms with Crippen LogP contribution in [0.2, 0.25) is 0 Å². The molecule has 3 rings (SSSR count). The van der Waals surface area contributed by atoms with Crippen LogP contribution in [0.4, 0.5) is 13.2 Å². The van der Waals surface area contributed by atoms with Crippen LogP contribution in [0.15, 0.2) is 48.8 Å². The van der Waals surface area contributed by atoms with E-state index in [0.717, 1.165) is 11.3 Å². The molecule has 0 atom stereocenters. The number of imidazole rings is 1. The molecule has 3 aromatic rings. The summed E-state index contributed by atoms with van der Waals surface area (Å²) in [4.78, 5) is 4.39. The minimum absolute atomic E-state index is 0.0581. The van der Waals surface area contributed by atoms with Crippen molar-refractivity contribution in [1.29, 1.82) is 0 Å². The summed E-state index contributed by atoms with van der Waals surface area (Å²) in [7, 11) is 0. The highest BCUT2D eigenvalue weighted by Crippen LogP contribution is 2.23. The maximum absolute atomic E-state index is 13.8. The molecule has 120 valence electrons. The van der Waals surface area contributed by atoms with Crippen LogP contribution >= 0.6 is 0 Å². The molecule has 0 saturated carbocycles. The first-order valence-corrected chi connectivity index (χ1v) is 6.99. The van der Waals surface area contributed by atoms with Gasteiger partial charge in [-0.2, -0.15) is 8.78 Å². The lowest BCUT2D eigenvalue weighted by Gasteiger charge is -2.11. The van der Waals surface area contributed by atoms with Crippen LogP contribution in [0.3, 0.4) is 0 Å². The predicted molar refractivity (Wildman–Crippen MR) is 78.8 cm³/mol. The van der Waals surface area contributed by atoms with E-state index < -0.39 is 12.4 Å². The molecule has 0 aliphatic rings. The Labute approximate surface area is 130 Å². The minimum atomic E-state index is -2.99. The van der Waals surface area contributed by atoms with Gasteiger partial charge in [0, 0.05) is 31.0 Å². The Kier molecular flexibility index (Phi) is 4.47. The molecular formula is C16H14F3N3O. The highest BCUT2D eigenvalue weighted by molar-refractivity contribution is 5.39. The lowest BCUT2D eigenvalue weighted by Crippen LogP contribution is -2.16. The number of aromatic nitrogens is 2. The molecule has 0 amide bonds. The Morgan fingerprint density at radius 2 is 2.00 bits per heavy atom. The number of ether oxygens (including phenoxy) is 1. The van der Waals surface area contributed by atoms with Gasteiger partial charge in [0.1, 0.15) is 17.2 Å². The van der Waals surface area contributed by atoms with Crippen molar-refractivity contribution in [3.63, 3.8) is 0 Å². The molecule has 2 aromatic heterocycles. The van der Waals surface area contributed by atoms with Crippen LogP contribution in [0, 0.1) is 5.82 Å². The number of rotatable bonds is 6. The van der Waals surface area contributed by atoms with E-state index in [1.54, 1.807) is 0 Å². The van der Waals surface area contributed by atoms with E-state index in [0.29, 0.717) is 6.54 Å². The molecule has 23 heavy (non-hydrogen) atoms. The third kappa shape index (κ3) is 3.62. The highest BCUT2D eigenvalue weighted by atomic mass is 19.3. The smallest absolute Gasteiger partial charge is 0.387 e. The summed E-state index contributed by atoms with van der Waals surface area (Å²) in [5, 5.41) is 2.99. The highest BCUT2D eigenvalue weighted by Gasteiger charge is 2.13. The predicted octanol–water partition coefficient (Wildman–Crippen LogP) is 3.36. The van der Waals surface area contributed by atoms with E-state index >= 15 is 0 Å². The van der Waals surface area contributed by atoms with E-state index in [4.69, 9.17) is 0 Å². The fourth-order valence-corrected chi connectivity index (χ4v) is 2.30. The molecule has 4 nitrogen and oxygen atoms in total. The van der Waals surface area contributed by atoms with Crippen molar-refractivity contribution in [3.8, 4) is 5.75 Å². The summed E-state index contributed by atoms with van der Waals surface area (Å²) in [6.07, 6.45) is 3.72. The average Bonchev–Trinajstić information content (AvgIpc) is 2.92. The number of hydrogen-bond acceptors (Lipinski definition) is 3. The zero-order valence-corrected chi connectivity index (χ0v) is 12.0. The first kappa shape index (κ1) is 15.4. The zero-order valence-electron chi connectivity index (χ0n) is 12.0. The molecule has 0 radical (unpaired) electrons. The molecule has 0 spiro atoms. The topological polar surface area (TPSA) is 38.6 Å². The Morgan fingerprint density at radius 1 is 1.13 bits per heavy atom. The quantitative estimate of drug-likeness (QED) is 0.756. The lowest BCUT2D eigenvalue weighted by molar-refractivity contribution is -0.0506. The molecule has 7 heteroatoms. The SMILES string of the molecule is Fc1cccc(OC(F)F)c1CNCc1cn2ccccc2n1. The molecule has 0 bridgehead atoms. The lowest BCUT2D eigenvalue weighted by atomic mass is 10.2. The first-order chi connectivity index (χ1) is 11.1. The van der Waals surface area contributed by atoms with Crippen LogP contribution < -0.4 is 10.1 Å². The monoisotopic (exact) mass is 321 g/mol. The summed E-state index contributed by atoms with van der Waals surface area (Å²) < 4.78 is 44.7. The molecule has 1 aromatic carbocycles. The number of hydrogen-bond donors (Lipinski definition) is 1. The minimum Gasteiger partial charge on any atom is -0.434 e. The van der Waals surface area contributed by atoms with Crippen LogP contribution in [-0.4, -0.2) is 16.0 Å². The Bertz CT molecular complexity index is 771. The number of alkyl halides is 2. The van der Waals surface area contributed by atoms with Crippen molar-refractivity contribution in [2.24, 2.45) is 0 Å². The van der Waals surface area contributed by atoms with Gasteiger partial charge in [-0.1, -0.05) is 12.1 Å². The van der Waals surface area contributed by atoms with Crippen molar-refractivity contribution >= 4 is 5.65 Å². The van der Waals surface area contributed by atoms with Gasteiger partial charge in [-0.3, -0.25) is 0 Å². The van der Waals surface area contributed by atoms with Gasteiger partial charge in [0.2, 0.25) is 0 Å². The molecule has 0 aliphatic heterocycles. The van der Waals surface area contributed by atoms with E-state index in [-0.39, 0.29) is 17.9 Å². The number of benzene rings is 1. The van der Waals surface area contributed by atoms with E-state index in [9.17, 15) is 13.2 Å². The normalized spacial score (nSPS) is 11.3. The zero-order chi connectivity index (χ0) is 16.2. The summed E-state index contributed by atoms with van der Waals surface area (Å²) >= 11 is 0.